The number of anilines is 1. The number of nitrogens with zero attached hydrogens (tertiary/aromatic N) is 3. The third kappa shape index (κ3) is 8.14. The highest BCUT2D eigenvalue weighted by Gasteiger charge is 2.35. The fraction of sp³-hybridized carbons (Fsp3) is 0.448. The smallest absolute Gasteiger partial charge is 0.389 e. The lowest BCUT2D eigenvalue weighted by Gasteiger charge is -2.29. The van der Waals surface area contributed by atoms with Crippen molar-refractivity contribution in [3.8, 4) is 0 Å². The molecule has 3 amide bonds. The van der Waals surface area contributed by atoms with Crippen molar-refractivity contribution in [1.82, 2.24) is 15.5 Å². The Hall–Kier alpha value is -3.77. The number of aliphatic imine (C=N–C) groups is 1. The van der Waals surface area contributed by atoms with Gasteiger partial charge in [-0.05, 0) is 25.3 Å². The van der Waals surface area contributed by atoms with Crippen LogP contribution in [0.4, 0.5) is 18.9 Å². The summed E-state index contributed by atoms with van der Waals surface area (Å²) in [5, 5.41) is 14.8. The number of carbonyl (C=O) groups excluding carboxylic acids is 3. The molecular formula is C29H34F3N5O4. The van der Waals surface area contributed by atoms with Crippen LogP contribution in [0.25, 0.3) is 0 Å². The Kier molecular flexibility index (Phi) is 9.77. The van der Waals surface area contributed by atoms with Crippen LogP contribution >= 0.6 is 0 Å². The summed E-state index contributed by atoms with van der Waals surface area (Å²) in [4.78, 5) is 47.3. The number of likely N-dealkylation sites (N-methyl/N-ethyl adjacent to an activating group) is 1. The van der Waals surface area contributed by atoms with Gasteiger partial charge < -0.3 is 20.6 Å². The van der Waals surface area contributed by atoms with E-state index in [0.717, 1.165) is 0 Å². The van der Waals surface area contributed by atoms with Gasteiger partial charge in [-0.2, -0.15) is 13.2 Å². The average molecular weight is 574 g/mol. The van der Waals surface area contributed by atoms with Gasteiger partial charge >= 0.3 is 6.18 Å². The molecule has 220 valence electrons. The van der Waals surface area contributed by atoms with Crippen molar-refractivity contribution in [2.24, 2.45) is 10.9 Å². The first-order valence-electron chi connectivity index (χ1n) is 13.6. The van der Waals surface area contributed by atoms with Crippen LogP contribution < -0.4 is 15.5 Å². The second kappa shape index (κ2) is 13.3. The summed E-state index contributed by atoms with van der Waals surface area (Å²) in [7, 11) is 1.54. The third-order valence-corrected chi connectivity index (χ3v) is 7.31. The predicted octanol–water partition coefficient (Wildman–Crippen LogP) is 2.82. The molecule has 2 unspecified atom stereocenters. The predicted molar refractivity (Wildman–Crippen MR) is 147 cm³/mol. The fourth-order valence-electron chi connectivity index (χ4n) is 4.93. The van der Waals surface area contributed by atoms with Gasteiger partial charge in [0.25, 0.3) is 5.91 Å². The number of aliphatic hydroxyl groups is 1. The maximum absolute atomic E-state index is 13.4. The average Bonchev–Trinajstić information content (AvgIpc) is 3.05. The Morgan fingerprint density at radius 2 is 1.73 bits per heavy atom. The van der Waals surface area contributed by atoms with Crippen LogP contribution in [0.2, 0.25) is 0 Å². The molecule has 0 radical (unpaired) electrons. The number of fused-ring (bicyclic) bond motifs is 1. The zero-order valence-corrected chi connectivity index (χ0v) is 22.7. The first-order valence-corrected chi connectivity index (χ1v) is 13.6. The quantitative estimate of drug-likeness (QED) is 0.427. The van der Waals surface area contributed by atoms with Crippen LogP contribution in [0.3, 0.4) is 0 Å². The van der Waals surface area contributed by atoms with Gasteiger partial charge in [0.15, 0.2) is 0 Å². The summed E-state index contributed by atoms with van der Waals surface area (Å²) >= 11 is 0. The fourth-order valence-corrected chi connectivity index (χ4v) is 4.93. The molecule has 1 saturated heterocycles. The molecule has 0 aromatic heterocycles. The molecule has 2 heterocycles. The summed E-state index contributed by atoms with van der Waals surface area (Å²) in [5.41, 5.74) is 2.36. The molecule has 41 heavy (non-hydrogen) atoms. The molecule has 4 rings (SSSR count). The number of piperidine rings is 1. The minimum absolute atomic E-state index is 0.161. The van der Waals surface area contributed by atoms with Gasteiger partial charge in [0, 0.05) is 50.0 Å². The SMILES string of the molecule is CN1C(=O)C(NC(=O)C(CCC(F)(F)F)CC(=O)NCN2CCC(O)CC2)N=C(c2ccccc2)c2ccccc21. The van der Waals surface area contributed by atoms with E-state index >= 15 is 0 Å². The van der Waals surface area contributed by atoms with Gasteiger partial charge in [-0.3, -0.25) is 19.3 Å². The molecule has 2 atom stereocenters. The molecule has 0 saturated carbocycles. The maximum Gasteiger partial charge on any atom is 0.389 e. The number of amides is 3. The van der Waals surface area contributed by atoms with E-state index in [1.807, 2.05) is 35.2 Å². The van der Waals surface area contributed by atoms with Crippen molar-refractivity contribution in [3.05, 3.63) is 65.7 Å². The van der Waals surface area contributed by atoms with Gasteiger partial charge in [0.05, 0.1) is 24.2 Å². The van der Waals surface area contributed by atoms with E-state index in [1.54, 1.807) is 24.3 Å². The number of hydrogen-bond donors (Lipinski definition) is 3. The zero-order valence-electron chi connectivity index (χ0n) is 22.7. The Bertz CT molecular complexity index is 1260. The lowest BCUT2D eigenvalue weighted by Crippen LogP contribution is -2.49. The summed E-state index contributed by atoms with van der Waals surface area (Å²) < 4.78 is 39.3. The molecule has 0 bridgehead atoms. The Balaban J connectivity index is 1.53. The van der Waals surface area contributed by atoms with E-state index in [0.29, 0.717) is 48.5 Å². The number of halogens is 3. The summed E-state index contributed by atoms with van der Waals surface area (Å²) in [5.74, 6) is -3.34. The van der Waals surface area contributed by atoms with Crippen molar-refractivity contribution in [3.63, 3.8) is 0 Å². The summed E-state index contributed by atoms with van der Waals surface area (Å²) in [6.45, 7) is 1.30. The lowest BCUT2D eigenvalue weighted by molar-refractivity contribution is -0.144. The monoisotopic (exact) mass is 573 g/mol. The largest absolute Gasteiger partial charge is 0.393 e. The number of rotatable bonds is 9. The topological polar surface area (TPSA) is 114 Å². The number of hydrogen-bond acceptors (Lipinski definition) is 6. The van der Waals surface area contributed by atoms with Gasteiger partial charge in [-0.25, -0.2) is 4.99 Å². The molecular weight excluding hydrogens is 539 g/mol. The molecule has 0 aliphatic carbocycles. The normalized spacial score (nSPS) is 19.1. The van der Waals surface area contributed by atoms with E-state index in [1.165, 1.54) is 11.9 Å². The van der Waals surface area contributed by atoms with Gasteiger partial charge in [-0.1, -0.05) is 48.5 Å². The highest BCUT2D eigenvalue weighted by atomic mass is 19.4. The Morgan fingerprint density at radius 3 is 2.41 bits per heavy atom. The number of alkyl halides is 3. The number of aliphatic hydroxyl groups excluding tert-OH is 1. The van der Waals surface area contributed by atoms with E-state index in [4.69, 9.17) is 0 Å². The Labute approximate surface area is 236 Å². The van der Waals surface area contributed by atoms with E-state index in [-0.39, 0.29) is 12.8 Å². The zero-order chi connectivity index (χ0) is 29.6. The molecule has 2 aromatic carbocycles. The van der Waals surface area contributed by atoms with Crippen molar-refractivity contribution < 1.29 is 32.7 Å². The molecule has 9 nitrogen and oxygen atoms in total. The third-order valence-electron chi connectivity index (χ3n) is 7.31. The van der Waals surface area contributed by atoms with Gasteiger partial charge in [0.1, 0.15) is 0 Å². The summed E-state index contributed by atoms with van der Waals surface area (Å²) in [6.07, 6.45) is -7.56. The molecule has 2 aliphatic rings. The lowest BCUT2D eigenvalue weighted by atomic mass is 9.97. The number of benzodiazepines with no additional fused rings is 1. The molecule has 3 N–H and O–H groups in total. The standard InChI is InChI=1S/C29H34F3N5O4/c1-36-23-10-6-5-9-22(23)25(19-7-3-2-4-8-19)34-26(28(36)41)35-27(40)20(11-14-29(30,31)32)17-24(39)33-18-37-15-12-21(38)13-16-37/h2-10,20-21,26,38H,11-18H2,1H3,(H,33,39)(H,35,40). The molecule has 1 fully saturated rings. The maximum atomic E-state index is 13.4. The van der Waals surface area contributed by atoms with Crippen LogP contribution in [0.15, 0.2) is 59.6 Å². The number of likely N-dealkylation sites (tertiary alicyclic amines) is 1. The number of nitrogens with one attached hydrogen (secondary N) is 2. The first kappa shape index (κ1) is 30.2. The van der Waals surface area contributed by atoms with E-state index in [2.05, 4.69) is 15.6 Å². The van der Waals surface area contributed by atoms with Crippen LogP contribution in [0, 0.1) is 5.92 Å². The second-order valence-electron chi connectivity index (χ2n) is 10.3. The number of para-hydroxylation sites is 1. The second-order valence-corrected chi connectivity index (χ2v) is 10.3. The van der Waals surface area contributed by atoms with Crippen LogP contribution in [0.5, 0.6) is 0 Å². The van der Waals surface area contributed by atoms with E-state index < -0.39 is 55.2 Å². The van der Waals surface area contributed by atoms with Gasteiger partial charge in [-0.15, -0.1) is 0 Å². The van der Waals surface area contributed by atoms with Gasteiger partial charge in [0.2, 0.25) is 18.0 Å². The first-order chi connectivity index (χ1) is 19.5. The van der Waals surface area contributed by atoms with Crippen molar-refractivity contribution >= 4 is 29.1 Å². The molecule has 2 aromatic rings. The highest BCUT2D eigenvalue weighted by Crippen LogP contribution is 2.28. The van der Waals surface area contributed by atoms with Crippen molar-refractivity contribution in [2.45, 2.75) is 50.6 Å². The van der Waals surface area contributed by atoms with Crippen LogP contribution in [0.1, 0.15) is 43.2 Å². The molecule has 12 heteroatoms. The van der Waals surface area contributed by atoms with E-state index in [9.17, 15) is 32.7 Å². The van der Waals surface area contributed by atoms with Crippen LogP contribution in [-0.2, 0) is 14.4 Å². The highest BCUT2D eigenvalue weighted by molar-refractivity contribution is 6.20. The minimum atomic E-state index is -4.53. The summed E-state index contributed by atoms with van der Waals surface area (Å²) in [6, 6.07) is 16.2. The number of carbonyl (C=O) groups is 3. The molecule has 2 aliphatic heterocycles. The number of benzene rings is 2. The molecule has 0 spiro atoms. The van der Waals surface area contributed by atoms with Crippen molar-refractivity contribution in [1.29, 1.82) is 0 Å². The van der Waals surface area contributed by atoms with Crippen molar-refractivity contribution in [2.75, 3.05) is 31.7 Å². The minimum Gasteiger partial charge on any atom is -0.393 e. The Morgan fingerprint density at radius 1 is 1.07 bits per heavy atom. The van der Waals surface area contributed by atoms with Crippen LogP contribution in [-0.4, -0.2) is 78.7 Å².